The molecule has 13 heavy (non-hydrogen) atoms. The van der Waals surface area contributed by atoms with Crippen LogP contribution >= 0.6 is 0 Å². The van der Waals surface area contributed by atoms with E-state index in [9.17, 15) is 9.59 Å². The highest BCUT2D eigenvalue weighted by Gasteiger charge is 2.12. The lowest BCUT2D eigenvalue weighted by atomic mass is 10.3. The van der Waals surface area contributed by atoms with Gasteiger partial charge in [0.05, 0.1) is 6.54 Å². The molecule has 0 radical (unpaired) electrons. The highest BCUT2D eigenvalue weighted by Crippen LogP contribution is 1.80. The van der Waals surface area contributed by atoms with Crippen LogP contribution in [0.3, 0.4) is 0 Å². The molecule has 0 bridgehead atoms. The molecule has 0 aromatic rings. The molecule has 0 fully saturated rings. The average molecular weight is 187 g/mol. The maximum atomic E-state index is 11.1. The maximum Gasteiger partial charge on any atom is 0.242 e. The molecule has 2 amide bonds. The van der Waals surface area contributed by atoms with Gasteiger partial charge in [-0.3, -0.25) is 9.59 Å². The summed E-state index contributed by atoms with van der Waals surface area (Å²) >= 11 is 0. The fourth-order valence-corrected chi connectivity index (χ4v) is 0.813. The molecule has 0 aliphatic heterocycles. The normalized spacial score (nSPS) is 11.9. The first-order valence-corrected chi connectivity index (χ1v) is 4.33. The summed E-state index contributed by atoms with van der Waals surface area (Å²) in [6.07, 6.45) is 0. The summed E-state index contributed by atoms with van der Waals surface area (Å²) in [5.41, 5.74) is 0. The van der Waals surface area contributed by atoms with Crippen LogP contribution in [-0.4, -0.2) is 38.0 Å². The second kappa shape index (κ2) is 6.42. The van der Waals surface area contributed by atoms with Crippen molar-refractivity contribution in [1.29, 1.82) is 0 Å². The van der Waals surface area contributed by atoms with E-state index in [4.69, 9.17) is 0 Å². The first kappa shape index (κ1) is 11.9. The van der Waals surface area contributed by atoms with Gasteiger partial charge < -0.3 is 16.0 Å². The molecule has 0 saturated heterocycles. The standard InChI is InChI=1S/C8H17N3O2/c1-4-10-5-7(12)11-6(2)8(13)9-3/h6,10H,4-5H2,1-3H3,(H,9,13)(H,11,12). The number of amides is 2. The third kappa shape index (κ3) is 5.19. The van der Waals surface area contributed by atoms with Crippen molar-refractivity contribution in [3.8, 4) is 0 Å². The zero-order chi connectivity index (χ0) is 10.3. The number of hydrogen-bond acceptors (Lipinski definition) is 3. The van der Waals surface area contributed by atoms with Crippen LogP contribution in [0.15, 0.2) is 0 Å². The summed E-state index contributed by atoms with van der Waals surface area (Å²) in [7, 11) is 1.54. The van der Waals surface area contributed by atoms with Crippen LogP contribution in [0.2, 0.25) is 0 Å². The van der Waals surface area contributed by atoms with Crippen molar-refractivity contribution in [3.05, 3.63) is 0 Å². The molecule has 1 unspecified atom stereocenters. The molecule has 0 rings (SSSR count). The predicted molar refractivity (Wildman–Crippen MR) is 50.2 cm³/mol. The van der Waals surface area contributed by atoms with Crippen LogP contribution in [0, 0.1) is 0 Å². The van der Waals surface area contributed by atoms with Crippen LogP contribution in [0.4, 0.5) is 0 Å². The molecule has 1 atom stereocenters. The Morgan fingerprint density at radius 1 is 1.38 bits per heavy atom. The zero-order valence-corrected chi connectivity index (χ0v) is 8.31. The molecule has 0 heterocycles. The summed E-state index contributed by atoms with van der Waals surface area (Å²) in [5, 5.41) is 7.87. The molecule has 5 nitrogen and oxygen atoms in total. The lowest BCUT2D eigenvalue weighted by Crippen LogP contribution is -2.46. The SMILES string of the molecule is CCNCC(=O)NC(C)C(=O)NC. The van der Waals surface area contributed by atoms with Crippen molar-refractivity contribution >= 4 is 11.8 Å². The molecule has 0 aliphatic carbocycles. The monoisotopic (exact) mass is 187 g/mol. The summed E-state index contributed by atoms with van der Waals surface area (Å²) in [4.78, 5) is 22.1. The highest BCUT2D eigenvalue weighted by atomic mass is 16.2. The Labute approximate surface area is 78.3 Å². The van der Waals surface area contributed by atoms with Gasteiger partial charge in [0, 0.05) is 7.05 Å². The molecule has 5 heteroatoms. The molecular weight excluding hydrogens is 170 g/mol. The number of nitrogens with one attached hydrogen (secondary N) is 3. The molecule has 0 aromatic carbocycles. The van der Waals surface area contributed by atoms with E-state index in [0.717, 1.165) is 6.54 Å². The van der Waals surface area contributed by atoms with Gasteiger partial charge in [0.25, 0.3) is 0 Å². The minimum absolute atomic E-state index is 0.169. The van der Waals surface area contributed by atoms with E-state index in [-0.39, 0.29) is 18.4 Å². The molecular formula is C8H17N3O2. The fraction of sp³-hybridized carbons (Fsp3) is 0.750. The van der Waals surface area contributed by atoms with E-state index in [0.29, 0.717) is 0 Å². The van der Waals surface area contributed by atoms with E-state index >= 15 is 0 Å². The molecule has 76 valence electrons. The second-order valence-corrected chi connectivity index (χ2v) is 2.68. The smallest absolute Gasteiger partial charge is 0.242 e. The van der Waals surface area contributed by atoms with Crippen LogP contribution in [0.25, 0.3) is 0 Å². The third-order valence-corrected chi connectivity index (χ3v) is 1.55. The van der Waals surface area contributed by atoms with Crippen molar-refractivity contribution in [1.82, 2.24) is 16.0 Å². The van der Waals surface area contributed by atoms with Crippen LogP contribution in [0.5, 0.6) is 0 Å². The molecule has 0 saturated carbocycles. The second-order valence-electron chi connectivity index (χ2n) is 2.68. The van der Waals surface area contributed by atoms with Crippen molar-refractivity contribution in [2.24, 2.45) is 0 Å². The van der Waals surface area contributed by atoms with E-state index in [1.807, 2.05) is 6.92 Å². The summed E-state index contributed by atoms with van der Waals surface area (Å²) in [6.45, 7) is 4.54. The van der Waals surface area contributed by atoms with E-state index in [2.05, 4.69) is 16.0 Å². The van der Waals surface area contributed by atoms with Gasteiger partial charge in [-0.15, -0.1) is 0 Å². The highest BCUT2D eigenvalue weighted by molar-refractivity contribution is 5.87. The molecule has 0 aliphatic rings. The third-order valence-electron chi connectivity index (χ3n) is 1.55. The van der Waals surface area contributed by atoms with Crippen molar-refractivity contribution < 1.29 is 9.59 Å². The Morgan fingerprint density at radius 2 is 2.00 bits per heavy atom. The number of rotatable bonds is 5. The quantitative estimate of drug-likeness (QED) is 0.509. The maximum absolute atomic E-state index is 11.1. The summed E-state index contributed by atoms with van der Waals surface area (Å²) in [5.74, 6) is -0.359. The number of carbonyl (C=O) groups excluding carboxylic acids is 2. The van der Waals surface area contributed by atoms with Gasteiger partial charge in [-0.25, -0.2) is 0 Å². The first-order valence-electron chi connectivity index (χ1n) is 4.33. The molecule has 3 N–H and O–H groups in total. The van der Waals surface area contributed by atoms with Crippen molar-refractivity contribution in [3.63, 3.8) is 0 Å². The van der Waals surface area contributed by atoms with Gasteiger partial charge in [0.15, 0.2) is 0 Å². The van der Waals surface area contributed by atoms with Gasteiger partial charge in [0.1, 0.15) is 6.04 Å². The Kier molecular flexibility index (Phi) is 5.88. The molecule has 0 spiro atoms. The van der Waals surface area contributed by atoms with Gasteiger partial charge in [0.2, 0.25) is 11.8 Å². The lowest BCUT2D eigenvalue weighted by Gasteiger charge is -2.11. The van der Waals surface area contributed by atoms with E-state index in [1.165, 1.54) is 7.05 Å². The number of carbonyl (C=O) groups is 2. The van der Waals surface area contributed by atoms with Gasteiger partial charge in [-0.1, -0.05) is 6.92 Å². The zero-order valence-electron chi connectivity index (χ0n) is 8.31. The minimum atomic E-state index is -0.476. The van der Waals surface area contributed by atoms with Gasteiger partial charge >= 0.3 is 0 Å². The topological polar surface area (TPSA) is 70.2 Å². The summed E-state index contributed by atoms with van der Waals surface area (Å²) in [6, 6.07) is -0.476. The average Bonchev–Trinajstić information content (AvgIpc) is 2.13. The fourth-order valence-electron chi connectivity index (χ4n) is 0.813. The van der Waals surface area contributed by atoms with Crippen molar-refractivity contribution in [2.45, 2.75) is 19.9 Å². The number of hydrogen-bond donors (Lipinski definition) is 3. The Morgan fingerprint density at radius 3 is 2.46 bits per heavy atom. The number of likely N-dealkylation sites (N-methyl/N-ethyl adjacent to an activating group) is 2. The first-order chi connectivity index (χ1) is 6.11. The predicted octanol–water partition coefficient (Wildman–Crippen LogP) is -1.15. The van der Waals surface area contributed by atoms with Crippen molar-refractivity contribution in [2.75, 3.05) is 20.1 Å². The molecule has 0 aromatic heterocycles. The van der Waals surface area contributed by atoms with E-state index < -0.39 is 6.04 Å². The Balaban J connectivity index is 3.71. The van der Waals surface area contributed by atoms with Gasteiger partial charge in [-0.05, 0) is 13.5 Å². The largest absolute Gasteiger partial charge is 0.357 e. The Hall–Kier alpha value is -1.10. The minimum Gasteiger partial charge on any atom is -0.357 e. The van der Waals surface area contributed by atoms with Gasteiger partial charge in [-0.2, -0.15) is 0 Å². The Bertz CT molecular complexity index is 182. The van der Waals surface area contributed by atoms with Crippen LogP contribution in [-0.2, 0) is 9.59 Å². The summed E-state index contributed by atoms with van der Waals surface area (Å²) < 4.78 is 0. The van der Waals surface area contributed by atoms with Crippen LogP contribution < -0.4 is 16.0 Å². The van der Waals surface area contributed by atoms with E-state index in [1.54, 1.807) is 6.92 Å². The van der Waals surface area contributed by atoms with Crippen LogP contribution in [0.1, 0.15) is 13.8 Å². The lowest BCUT2D eigenvalue weighted by molar-refractivity contribution is -0.127.